The molecule has 0 saturated carbocycles. The van der Waals surface area contributed by atoms with E-state index in [0.29, 0.717) is 16.0 Å². The molecule has 3 heterocycles. The van der Waals surface area contributed by atoms with Crippen molar-refractivity contribution in [1.82, 2.24) is 18.7 Å². The van der Waals surface area contributed by atoms with Gasteiger partial charge in [0.1, 0.15) is 17.0 Å². The summed E-state index contributed by atoms with van der Waals surface area (Å²) < 4.78 is 9.31. The predicted octanol–water partition coefficient (Wildman–Crippen LogP) is 0.415. The van der Waals surface area contributed by atoms with E-state index in [2.05, 4.69) is 5.10 Å². The van der Waals surface area contributed by atoms with E-state index in [-0.39, 0.29) is 24.4 Å². The number of primary amides is 1. The number of nitrogens with zero attached hydrogens (tertiary/aromatic N) is 4. The fourth-order valence-corrected chi connectivity index (χ4v) is 3.76. The van der Waals surface area contributed by atoms with E-state index in [0.717, 1.165) is 10.2 Å². The Morgan fingerprint density at radius 3 is 2.63 bits per heavy atom. The Hall–Kier alpha value is -3.40. The van der Waals surface area contributed by atoms with Crippen molar-refractivity contribution in [3.8, 4) is 5.75 Å². The van der Waals surface area contributed by atoms with Gasteiger partial charge in [-0.25, -0.2) is 13.9 Å². The van der Waals surface area contributed by atoms with Crippen LogP contribution in [-0.2, 0) is 17.9 Å². The van der Waals surface area contributed by atoms with Crippen molar-refractivity contribution < 1.29 is 9.53 Å². The predicted molar refractivity (Wildman–Crippen MR) is 100 cm³/mol. The second-order valence-electron chi connectivity index (χ2n) is 5.92. The molecule has 0 radical (unpaired) electrons. The number of methoxy groups -OCH3 is 1. The molecule has 0 atom stereocenters. The number of carbonyl (C=O) groups is 1. The number of fused-ring (bicyclic) bond motifs is 3. The first-order valence-corrected chi connectivity index (χ1v) is 8.88. The lowest BCUT2D eigenvalue weighted by Gasteiger charge is -2.08. The largest absolute Gasteiger partial charge is 0.497 e. The SMILES string of the molecule is COc1ccc(Cn2c(=O)c3sccc3n3c(=O)n(CC(N)=O)nc23)cc1. The molecule has 4 aromatic rings. The van der Waals surface area contributed by atoms with E-state index in [9.17, 15) is 14.4 Å². The van der Waals surface area contributed by atoms with E-state index < -0.39 is 11.6 Å². The lowest BCUT2D eigenvalue weighted by molar-refractivity contribution is -0.118. The van der Waals surface area contributed by atoms with Gasteiger partial charge in [-0.15, -0.1) is 16.4 Å². The molecule has 0 aliphatic rings. The van der Waals surface area contributed by atoms with Crippen LogP contribution >= 0.6 is 11.3 Å². The van der Waals surface area contributed by atoms with E-state index in [1.54, 1.807) is 30.7 Å². The molecule has 27 heavy (non-hydrogen) atoms. The highest BCUT2D eigenvalue weighted by atomic mass is 32.1. The number of aromatic nitrogens is 4. The van der Waals surface area contributed by atoms with Crippen LogP contribution in [-0.4, -0.2) is 31.8 Å². The molecule has 0 saturated heterocycles. The maximum absolute atomic E-state index is 13.0. The Labute approximate surface area is 155 Å². The van der Waals surface area contributed by atoms with Crippen molar-refractivity contribution in [3.05, 3.63) is 62.1 Å². The summed E-state index contributed by atoms with van der Waals surface area (Å²) in [7, 11) is 1.57. The molecule has 0 fully saturated rings. The van der Waals surface area contributed by atoms with Crippen LogP contribution < -0.4 is 21.7 Å². The number of nitrogens with two attached hydrogens (primary N) is 1. The smallest absolute Gasteiger partial charge is 0.352 e. The quantitative estimate of drug-likeness (QED) is 0.535. The van der Waals surface area contributed by atoms with Gasteiger partial charge in [-0.3, -0.25) is 14.2 Å². The Bertz CT molecular complexity index is 1280. The summed E-state index contributed by atoms with van der Waals surface area (Å²) in [5, 5.41) is 5.92. The summed E-state index contributed by atoms with van der Waals surface area (Å²) in [6.45, 7) is -0.143. The van der Waals surface area contributed by atoms with Gasteiger partial charge in [0.05, 0.1) is 19.2 Å². The summed E-state index contributed by atoms with van der Waals surface area (Å²) in [5.41, 5.74) is 5.74. The van der Waals surface area contributed by atoms with Crippen LogP contribution in [0.15, 0.2) is 45.3 Å². The first-order valence-electron chi connectivity index (χ1n) is 8.00. The topological polar surface area (TPSA) is 114 Å². The van der Waals surface area contributed by atoms with E-state index in [1.165, 1.54) is 20.3 Å². The summed E-state index contributed by atoms with van der Waals surface area (Å²) >= 11 is 1.25. The number of carbonyl (C=O) groups excluding carboxylic acids is 1. The Kier molecular flexibility index (Phi) is 4.04. The Morgan fingerprint density at radius 1 is 1.22 bits per heavy atom. The number of ether oxygens (including phenoxy) is 1. The van der Waals surface area contributed by atoms with Crippen molar-refractivity contribution in [2.45, 2.75) is 13.1 Å². The van der Waals surface area contributed by atoms with Gasteiger partial charge in [-0.05, 0) is 29.1 Å². The van der Waals surface area contributed by atoms with Gasteiger partial charge in [0, 0.05) is 0 Å². The van der Waals surface area contributed by atoms with Crippen LogP contribution in [0.2, 0.25) is 0 Å². The average Bonchev–Trinajstić information content (AvgIpc) is 3.24. The number of rotatable bonds is 5. The minimum absolute atomic E-state index is 0.160. The summed E-state index contributed by atoms with van der Waals surface area (Å²) in [5.74, 6) is 0.172. The van der Waals surface area contributed by atoms with E-state index in [4.69, 9.17) is 10.5 Å². The van der Waals surface area contributed by atoms with Gasteiger partial charge in [-0.2, -0.15) is 0 Å². The minimum atomic E-state index is -0.689. The maximum Gasteiger partial charge on any atom is 0.352 e. The van der Waals surface area contributed by atoms with E-state index >= 15 is 0 Å². The minimum Gasteiger partial charge on any atom is -0.497 e. The molecule has 0 aliphatic heterocycles. The maximum atomic E-state index is 13.0. The zero-order valence-corrected chi connectivity index (χ0v) is 15.1. The lowest BCUT2D eigenvalue weighted by atomic mass is 10.2. The number of hydrogen-bond donors (Lipinski definition) is 1. The highest BCUT2D eigenvalue weighted by Crippen LogP contribution is 2.18. The summed E-state index contributed by atoms with van der Waals surface area (Å²) in [4.78, 5) is 36.9. The molecule has 0 bridgehead atoms. The van der Waals surface area contributed by atoms with Crippen molar-refractivity contribution >= 4 is 33.2 Å². The van der Waals surface area contributed by atoms with Gasteiger partial charge in [0.2, 0.25) is 11.7 Å². The zero-order chi connectivity index (χ0) is 19.1. The highest BCUT2D eigenvalue weighted by molar-refractivity contribution is 7.17. The molecular formula is C17H15N5O4S. The molecule has 2 N–H and O–H groups in total. The molecule has 10 heteroatoms. The monoisotopic (exact) mass is 385 g/mol. The Balaban J connectivity index is 1.96. The van der Waals surface area contributed by atoms with Crippen LogP contribution in [0.1, 0.15) is 5.56 Å². The molecule has 1 aromatic carbocycles. The molecule has 3 aromatic heterocycles. The van der Waals surface area contributed by atoms with Crippen molar-refractivity contribution in [3.63, 3.8) is 0 Å². The molecule has 9 nitrogen and oxygen atoms in total. The third kappa shape index (κ3) is 2.79. The van der Waals surface area contributed by atoms with Gasteiger partial charge in [0.25, 0.3) is 5.56 Å². The number of thiophene rings is 1. The van der Waals surface area contributed by atoms with Crippen LogP contribution in [0, 0.1) is 0 Å². The average molecular weight is 385 g/mol. The summed E-state index contributed by atoms with van der Waals surface area (Å²) in [6, 6.07) is 8.93. The van der Waals surface area contributed by atoms with Crippen LogP contribution in [0.25, 0.3) is 16.0 Å². The van der Waals surface area contributed by atoms with Crippen LogP contribution in [0.5, 0.6) is 5.75 Å². The van der Waals surface area contributed by atoms with E-state index in [1.807, 2.05) is 12.1 Å². The summed E-state index contributed by atoms with van der Waals surface area (Å²) in [6.07, 6.45) is 0. The molecule has 0 aliphatic carbocycles. The number of amides is 1. The molecule has 0 unspecified atom stereocenters. The Morgan fingerprint density at radius 2 is 1.96 bits per heavy atom. The van der Waals surface area contributed by atoms with Gasteiger partial charge in [-0.1, -0.05) is 12.1 Å². The van der Waals surface area contributed by atoms with Gasteiger partial charge >= 0.3 is 5.69 Å². The fourth-order valence-electron chi connectivity index (χ4n) is 2.94. The molecular weight excluding hydrogens is 370 g/mol. The second-order valence-corrected chi connectivity index (χ2v) is 6.83. The van der Waals surface area contributed by atoms with Crippen LogP contribution in [0.3, 0.4) is 0 Å². The van der Waals surface area contributed by atoms with Crippen molar-refractivity contribution in [1.29, 1.82) is 0 Å². The third-order valence-corrected chi connectivity index (χ3v) is 5.09. The second kappa shape index (κ2) is 6.40. The third-order valence-electron chi connectivity index (χ3n) is 4.19. The molecule has 1 amide bonds. The van der Waals surface area contributed by atoms with Crippen LogP contribution in [0.4, 0.5) is 0 Å². The lowest BCUT2D eigenvalue weighted by Crippen LogP contribution is -2.29. The molecule has 4 rings (SSSR count). The first-order chi connectivity index (χ1) is 13.0. The van der Waals surface area contributed by atoms with Crippen molar-refractivity contribution in [2.75, 3.05) is 7.11 Å². The first kappa shape index (κ1) is 17.0. The van der Waals surface area contributed by atoms with Gasteiger partial charge in [0.15, 0.2) is 0 Å². The fraction of sp³-hybridized carbons (Fsp3) is 0.176. The molecule has 0 spiro atoms. The normalized spacial score (nSPS) is 11.3. The highest BCUT2D eigenvalue weighted by Gasteiger charge is 2.19. The molecule has 138 valence electrons. The zero-order valence-electron chi connectivity index (χ0n) is 14.3. The standard InChI is InChI=1S/C17H15N5O4S/c1-26-11-4-2-10(3-5-11)8-20-15(24)14-12(6-7-27-14)22-16(20)19-21(17(22)25)9-13(18)23/h2-7H,8-9H2,1H3,(H2,18,23). The van der Waals surface area contributed by atoms with Gasteiger partial charge < -0.3 is 10.5 Å². The number of benzene rings is 1. The number of hydrogen-bond acceptors (Lipinski definition) is 6. The van der Waals surface area contributed by atoms with Crippen molar-refractivity contribution in [2.24, 2.45) is 5.73 Å².